The monoisotopic (exact) mass is 295 g/mol. The normalized spacial score (nSPS) is 13.1. The van der Waals surface area contributed by atoms with E-state index in [1.165, 1.54) is 12.1 Å². The van der Waals surface area contributed by atoms with E-state index < -0.39 is 29.4 Å². The van der Waals surface area contributed by atoms with Crippen molar-refractivity contribution in [3.8, 4) is 0 Å². The number of hydrogen-bond donors (Lipinski definition) is 2. The molecule has 1 rings (SSSR count). The summed E-state index contributed by atoms with van der Waals surface area (Å²) < 4.78 is 38.5. The van der Waals surface area contributed by atoms with Gasteiger partial charge in [-0.15, -0.1) is 0 Å². The number of carboxylic acid groups (broad SMARTS) is 1. The van der Waals surface area contributed by atoms with E-state index in [0.717, 1.165) is 6.07 Å². The molecule has 0 fully saturated rings. The fraction of sp³-hybridized carbons (Fsp3) is 0.417. The number of benzene rings is 1. The van der Waals surface area contributed by atoms with Gasteiger partial charge in [0.1, 0.15) is 6.04 Å². The number of hydrogen-bond acceptors (Lipinski definition) is 2. The van der Waals surface area contributed by atoms with Crippen molar-refractivity contribution in [3.63, 3.8) is 0 Å². The second-order valence-electron chi connectivity index (χ2n) is 3.98. The van der Waals surface area contributed by atoms with Crippen molar-refractivity contribution in [2.45, 2.75) is 32.0 Å². The lowest BCUT2D eigenvalue weighted by atomic mass is 10.1. The van der Waals surface area contributed by atoms with Gasteiger partial charge in [-0.3, -0.25) is 0 Å². The number of para-hydroxylation sites is 1. The average molecular weight is 296 g/mol. The lowest BCUT2D eigenvalue weighted by Gasteiger charge is -2.20. The summed E-state index contributed by atoms with van der Waals surface area (Å²) in [5.41, 5.74) is -1.36. The molecule has 1 atom stereocenters. The summed E-state index contributed by atoms with van der Waals surface area (Å²) in [7, 11) is 0. The Kier molecular flexibility index (Phi) is 5.05. The Balaban J connectivity index is 3.15. The zero-order valence-electron chi connectivity index (χ0n) is 10.1. The third-order valence-electron chi connectivity index (χ3n) is 2.51. The molecule has 0 saturated heterocycles. The Bertz CT molecular complexity index is 463. The molecule has 0 amide bonds. The van der Waals surface area contributed by atoms with Crippen LogP contribution in [0.1, 0.15) is 25.3 Å². The van der Waals surface area contributed by atoms with E-state index in [9.17, 15) is 18.0 Å². The van der Waals surface area contributed by atoms with E-state index in [2.05, 4.69) is 5.32 Å². The number of alkyl halides is 3. The van der Waals surface area contributed by atoms with Crippen LogP contribution >= 0.6 is 11.6 Å². The quantitative estimate of drug-likeness (QED) is 0.862. The fourth-order valence-electron chi connectivity index (χ4n) is 1.63. The standard InChI is InChI=1S/C12H13ClF3NO2/c1-2-4-9(11(18)19)17-10-7(12(14,15)16)5-3-6-8(10)13/h3,5-6,9,17H,2,4H2,1H3,(H,18,19). The Labute approximate surface area is 113 Å². The third kappa shape index (κ3) is 4.02. The van der Waals surface area contributed by atoms with Crippen molar-refractivity contribution in [3.05, 3.63) is 28.8 Å². The molecule has 1 unspecified atom stereocenters. The van der Waals surface area contributed by atoms with E-state index in [-0.39, 0.29) is 11.4 Å². The van der Waals surface area contributed by atoms with Gasteiger partial charge in [0.15, 0.2) is 0 Å². The number of anilines is 1. The lowest BCUT2D eigenvalue weighted by Crippen LogP contribution is -2.30. The molecule has 0 aliphatic carbocycles. The Morgan fingerprint density at radius 1 is 1.47 bits per heavy atom. The number of nitrogens with one attached hydrogen (secondary N) is 1. The maximum Gasteiger partial charge on any atom is 0.418 e. The molecular weight excluding hydrogens is 283 g/mol. The summed E-state index contributed by atoms with van der Waals surface area (Å²) in [6.07, 6.45) is -3.86. The van der Waals surface area contributed by atoms with Crippen molar-refractivity contribution in [2.24, 2.45) is 0 Å². The fourth-order valence-corrected chi connectivity index (χ4v) is 1.86. The van der Waals surface area contributed by atoms with Crippen molar-refractivity contribution in [1.29, 1.82) is 0 Å². The Hall–Kier alpha value is -1.43. The van der Waals surface area contributed by atoms with Crippen molar-refractivity contribution in [1.82, 2.24) is 0 Å². The van der Waals surface area contributed by atoms with Crippen LogP contribution in [0.2, 0.25) is 5.02 Å². The van der Waals surface area contributed by atoms with Crippen molar-refractivity contribution >= 4 is 23.3 Å². The molecule has 0 radical (unpaired) electrons. The molecule has 0 saturated carbocycles. The molecule has 0 aliphatic heterocycles. The zero-order valence-corrected chi connectivity index (χ0v) is 10.8. The Morgan fingerprint density at radius 3 is 2.58 bits per heavy atom. The highest BCUT2D eigenvalue weighted by atomic mass is 35.5. The largest absolute Gasteiger partial charge is 0.480 e. The van der Waals surface area contributed by atoms with Crippen molar-refractivity contribution in [2.75, 3.05) is 5.32 Å². The van der Waals surface area contributed by atoms with Crippen LogP contribution in [0.25, 0.3) is 0 Å². The van der Waals surface area contributed by atoms with Crippen LogP contribution in [0.15, 0.2) is 18.2 Å². The second-order valence-corrected chi connectivity index (χ2v) is 4.39. The van der Waals surface area contributed by atoms with Crippen molar-refractivity contribution < 1.29 is 23.1 Å². The van der Waals surface area contributed by atoms with Gasteiger partial charge in [-0.1, -0.05) is 31.0 Å². The maximum atomic E-state index is 12.8. The van der Waals surface area contributed by atoms with E-state index in [0.29, 0.717) is 6.42 Å². The molecule has 0 aromatic heterocycles. The summed E-state index contributed by atoms with van der Waals surface area (Å²) in [6, 6.07) is 2.21. The minimum Gasteiger partial charge on any atom is -0.480 e. The average Bonchev–Trinajstić information content (AvgIpc) is 2.29. The van der Waals surface area contributed by atoms with E-state index >= 15 is 0 Å². The lowest BCUT2D eigenvalue weighted by molar-refractivity contribution is -0.139. The minimum atomic E-state index is -4.59. The van der Waals surface area contributed by atoms with Crippen LogP contribution in [-0.4, -0.2) is 17.1 Å². The number of aliphatic carboxylic acids is 1. The molecule has 3 nitrogen and oxygen atoms in total. The van der Waals surface area contributed by atoms with Crippen LogP contribution in [0.4, 0.5) is 18.9 Å². The predicted molar refractivity (Wildman–Crippen MR) is 66.4 cm³/mol. The predicted octanol–water partition coefficient (Wildman–Crippen LogP) is 4.02. The van der Waals surface area contributed by atoms with E-state index in [4.69, 9.17) is 16.7 Å². The molecule has 1 aromatic carbocycles. The molecule has 0 aliphatic rings. The topological polar surface area (TPSA) is 49.3 Å². The van der Waals surface area contributed by atoms with E-state index in [1.54, 1.807) is 6.92 Å². The smallest absolute Gasteiger partial charge is 0.418 e. The van der Waals surface area contributed by atoms with Gasteiger partial charge in [-0.25, -0.2) is 4.79 Å². The molecule has 0 spiro atoms. The summed E-state index contributed by atoms with van der Waals surface area (Å²) in [6.45, 7) is 1.74. The SMILES string of the molecule is CCCC(Nc1c(Cl)cccc1C(F)(F)F)C(=O)O. The van der Waals surface area contributed by atoms with Gasteiger partial charge in [0.25, 0.3) is 0 Å². The molecule has 7 heteroatoms. The number of carbonyl (C=O) groups is 1. The number of carboxylic acids is 1. The molecular formula is C12H13ClF3NO2. The highest BCUT2D eigenvalue weighted by Gasteiger charge is 2.35. The Morgan fingerprint density at radius 2 is 2.11 bits per heavy atom. The van der Waals surface area contributed by atoms with Gasteiger partial charge in [-0.05, 0) is 18.6 Å². The maximum absolute atomic E-state index is 12.8. The molecule has 0 bridgehead atoms. The van der Waals surface area contributed by atoms with Crippen LogP contribution < -0.4 is 5.32 Å². The summed E-state index contributed by atoms with van der Waals surface area (Å²) in [4.78, 5) is 11.0. The van der Waals surface area contributed by atoms with Gasteiger partial charge in [-0.2, -0.15) is 13.2 Å². The minimum absolute atomic E-state index is 0.155. The first-order chi connectivity index (χ1) is 8.77. The second kappa shape index (κ2) is 6.14. The first kappa shape index (κ1) is 15.6. The highest BCUT2D eigenvalue weighted by Crippen LogP contribution is 2.38. The van der Waals surface area contributed by atoms with Gasteiger partial charge in [0.2, 0.25) is 0 Å². The van der Waals surface area contributed by atoms with Gasteiger partial charge >= 0.3 is 12.1 Å². The van der Waals surface area contributed by atoms with Crippen LogP contribution in [-0.2, 0) is 11.0 Å². The molecule has 0 heterocycles. The summed E-state index contributed by atoms with van der Waals surface area (Å²) >= 11 is 5.73. The van der Waals surface area contributed by atoms with Crippen LogP contribution in [0.5, 0.6) is 0 Å². The molecule has 19 heavy (non-hydrogen) atoms. The molecule has 2 N–H and O–H groups in total. The van der Waals surface area contributed by atoms with Crippen LogP contribution in [0, 0.1) is 0 Å². The molecule has 1 aromatic rings. The summed E-state index contributed by atoms with van der Waals surface area (Å²) in [5.74, 6) is -1.21. The number of rotatable bonds is 5. The van der Waals surface area contributed by atoms with Gasteiger partial charge < -0.3 is 10.4 Å². The third-order valence-corrected chi connectivity index (χ3v) is 2.83. The van der Waals surface area contributed by atoms with Gasteiger partial charge in [0, 0.05) is 0 Å². The van der Waals surface area contributed by atoms with Crippen LogP contribution in [0.3, 0.4) is 0 Å². The van der Waals surface area contributed by atoms with E-state index in [1.807, 2.05) is 0 Å². The zero-order chi connectivity index (χ0) is 14.6. The highest BCUT2D eigenvalue weighted by molar-refractivity contribution is 6.33. The van der Waals surface area contributed by atoms with Gasteiger partial charge in [0.05, 0.1) is 16.3 Å². The number of halogens is 4. The first-order valence-electron chi connectivity index (χ1n) is 5.62. The first-order valence-corrected chi connectivity index (χ1v) is 6.00. The summed E-state index contributed by atoms with van der Waals surface area (Å²) in [5, 5.41) is 11.2. The molecule has 106 valence electrons.